The third kappa shape index (κ3) is 2.24. The largest absolute Gasteiger partial charge is 0.329 e. The number of hydrogen-bond donors (Lipinski definition) is 1. The minimum absolute atomic E-state index is 0.152. The van der Waals surface area contributed by atoms with Crippen LogP contribution in [0.15, 0.2) is 0 Å². The van der Waals surface area contributed by atoms with Gasteiger partial charge in [0.2, 0.25) is 5.91 Å². The molecule has 3 heteroatoms. The molecule has 0 saturated carbocycles. The van der Waals surface area contributed by atoms with Crippen LogP contribution in [0, 0.1) is 11.8 Å². The second kappa shape index (κ2) is 3.99. The maximum absolute atomic E-state index is 11.1. The molecule has 0 aromatic carbocycles. The fourth-order valence-corrected chi connectivity index (χ4v) is 0.988. The van der Waals surface area contributed by atoms with E-state index in [0.29, 0.717) is 13.1 Å². The molecule has 0 aromatic heterocycles. The maximum Gasteiger partial charge on any atom is 0.237 e. The molecular weight excluding hydrogens is 140 g/mol. The third-order valence-corrected chi connectivity index (χ3v) is 1.63. The van der Waals surface area contributed by atoms with Crippen molar-refractivity contribution in [2.75, 3.05) is 26.2 Å². The van der Waals surface area contributed by atoms with Gasteiger partial charge in [0.15, 0.2) is 0 Å². The molecule has 1 N–H and O–H groups in total. The van der Waals surface area contributed by atoms with Crippen LogP contribution in [-0.4, -0.2) is 37.0 Å². The summed E-state index contributed by atoms with van der Waals surface area (Å²) in [6.07, 6.45) is 0. The molecule has 1 amide bonds. The van der Waals surface area contributed by atoms with Gasteiger partial charge in [-0.25, -0.2) is 0 Å². The van der Waals surface area contributed by atoms with Crippen molar-refractivity contribution < 1.29 is 4.79 Å². The first kappa shape index (κ1) is 8.09. The summed E-state index contributed by atoms with van der Waals surface area (Å²) in [5.74, 6) is 5.80. The number of nitrogens with one attached hydrogen (secondary N) is 1. The summed E-state index contributed by atoms with van der Waals surface area (Å²) in [5.41, 5.74) is 0. The molecule has 0 radical (unpaired) electrons. The second-order valence-electron chi connectivity index (χ2n) is 2.42. The summed E-state index contributed by atoms with van der Waals surface area (Å²) in [5, 5.41) is 3.00. The van der Waals surface area contributed by atoms with E-state index in [1.165, 1.54) is 0 Å². The highest BCUT2D eigenvalue weighted by Gasteiger charge is 2.15. The molecular formula is C8H12N2O. The molecule has 11 heavy (non-hydrogen) atoms. The smallest absolute Gasteiger partial charge is 0.237 e. The van der Waals surface area contributed by atoms with Crippen molar-refractivity contribution in [3.63, 3.8) is 0 Å². The Labute approximate surface area is 66.8 Å². The average molecular weight is 152 g/mol. The molecule has 0 bridgehead atoms. The van der Waals surface area contributed by atoms with E-state index >= 15 is 0 Å². The quantitative estimate of drug-likeness (QED) is 0.511. The minimum Gasteiger partial charge on any atom is -0.329 e. The molecule has 1 rings (SSSR count). The Morgan fingerprint density at radius 1 is 1.73 bits per heavy atom. The number of hydrogen-bond acceptors (Lipinski definition) is 2. The molecule has 0 aliphatic carbocycles. The minimum atomic E-state index is 0.152. The van der Waals surface area contributed by atoms with Crippen molar-refractivity contribution in [3.05, 3.63) is 0 Å². The Hall–Kier alpha value is -1.01. The molecule has 60 valence electrons. The zero-order valence-corrected chi connectivity index (χ0v) is 6.68. The van der Waals surface area contributed by atoms with Crippen molar-refractivity contribution in [2.24, 2.45) is 0 Å². The van der Waals surface area contributed by atoms with Crippen LogP contribution in [0.5, 0.6) is 0 Å². The van der Waals surface area contributed by atoms with Crippen LogP contribution in [0.1, 0.15) is 6.92 Å². The molecule has 0 aromatic rings. The molecule has 1 aliphatic heterocycles. The van der Waals surface area contributed by atoms with Gasteiger partial charge >= 0.3 is 0 Å². The van der Waals surface area contributed by atoms with E-state index in [2.05, 4.69) is 17.2 Å². The van der Waals surface area contributed by atoms with Gasteiger partial charge in [0.25, 0.3) is 0 Å². The lowest BCUT2D eigenvalue weighted by Gasteiger charge is -2.25. The lowest BCUT2D eigenvalue weighted by atomic mass is 10.3. The highest BCUT2D eigenvalue weighted by Crippen LogP contribution is 1.91. The van der Waals surface area contributed by atoms with Gasteiger partial charge in [0.05, 0.1) is 13.1 Å². The average Bonchev–Trinajstić information content (AvgIpc) is 2.03. The van der Waals surface area contributed by atoms with Crippen LogP contribution < -0.4 is 5.32 Å². The van der Waals surface area contributed by atoms with E-state index in [1.54, 1.807) is 11.8 Å². The van der Waals surface area contributed by atoms with E-state index in [-0.39, 0.29) is 5.91 Å². The van der Waals surface area contributed by atoms with E-state index in [4.69, 9.17) is 0 Å². The topological polar surface area (TPSA) is 32.3 Å². The summed E-state index contributed by atoms with van der Waals surface area (Å²) < 4.78 is 0. The van der Waals surface area contributed by atoms with Gasteiger partial charge < -0.3 is 10.2 Å². The fraction of sp³-hybridized carbons (Fsp3) is 0.625. The highest BCUT2D eigenvalue weighted by molar-refractivity contribution is 5.79. The predicted molar refractivity (Wildman–Crippen MR) is 42.9 cm³/mol. The Kier molecular flexibility index (Phi) is 2.94. The van der Waals surface area contributed by atoms with E-state index in [9.17, 15) is 4.79 Å². The molecule has 1 aliphatic rings. The molecule has 1 saturated heterocycles. The summed E-state index contributed by atoms with van der Waals surface area (Å²) in [7, 11) is 0. The van der Waals surface area contributed by atoms with E-state index in [0.717, 1.165) is 13.1 Å². The monoisotopic (exact) mass is 152 g/mol. The number of carbonyl (C=O) groups excluding carboxylic acids is 1. The first-order chi connectivity index (χ1) is 5.34. The van der Waals surface area contributed by atoms with Crippen molar-refractivity contribution in [1.82, 2.24) is 10.2 Å². The second-order valence-corrected chi connectivity index (χ2v) is 2.42. The number of piperazine rings is 1. The summed E-state index contributed by atoms with van der Waals surface area (Å²) >= 11 is 0. The van der Waals surface area contributed by atoms with Gasteiger partial charge in [-0.15, -0.1) is 5.92 Å². The zero-order valence-electron chi connectivity index (χ0n) is 6.68. The molecule has 0 atom stereocenters. The van der Waals surface area contributed by atoms with Crippen LogP contribution >= 0.6 is 0 Å². The van der Waals surface area contributed by atoms with Gasteiger partial charge in [-0.05, 0) is 6.92 Å². The van der Waals surface area contributed by atoms with Gasteiger partial charge in [-0.2, -0.15) is 0 Å². The normalized spacial score (nSPS) is 17.5. The van der Waals surface area contributed by atoms with E-state index in [1.807, 2.05) is 0 Å². The van der Waals surface area contributed by atoms with Crippen molar-refractivity contribution in [1.29, 1.82) is 0 Å². The molecule has 0 spiro atoms. The summed E-state index contributed by atoms with van der Waals surface area (Å²) in [6.45, 7) is 4.50. The standard InChI is InChI=1S/C8H12N2O/c1-2-3-5-10-6-4-9-7-8(10)11/h9H,4-7H2,1H3. The van der Waals surface area contributed by atoms with Crippen LogP contribution in [0.25, 0.3) is 0 Å². The Balaban J connectivity index is 2.39. The van der Waals surface area contributed by atoms with Gasteiger partial charge in [-0.3, -0.25) is 4.79 Å². The van der Waals surface area contributed by atoms with Crippen LogP contribution in [-0.2, 0) is 4.79 Å². The highest BCUT2D eigenvalue weighted by atomic mass is 16.2. The Morgan fingerprint density at radius 2 is 2.55 bits per heavy atom. The molecule has 1 fully saturated rings. The zero-order chi connectivity index (χ0) is 8.10. The lowest BCUT2D eigenvalue weighted by Crippen LogP contribution is -2.48. The molecule has 0 unspecified atom stereocenters. The van der Waals surface area contributed by atoms with Crippen LogP contribution in [0.3, 0.4) is 0 Å². The number of amides is 1. The van der Waals surface area contributed by atoms with Gasteiger partial charge in [-0.1, -0.05) is 5.92 Å². The number of carbonyl (C=O) groups is 1. The number of rotatable bonds is 1. The van der Waals surface area contributed by atoms with Crippen molar-refractivity contribution in [3.8, 4) is 11.8 Å². The van der Waals surface area contributed by atoms with Crippen LogP contribution in [0.4, 0.5) is 0 Å². The Morgan fingerprint density at radius 3 is 3.18 bits per heavy atom. The third-order valence-electron chi connectivity index (χ3n) is 1.63. The Bertz CT molecular complexity index is 202. The van der Waals surface area contributed by atoms with Gasteiger partial charge in [0, 0.05) is 13.1 Å². The summed E-state index contributed by atoms with van der Waals surface area (Å²) in [4.78, 5) is 12.9. The number of nitrogens with zero attached hydrogens (tertiary/aromatic N) is 1. The summed E-state index contributed by atoms with van der Waals surface area (Å²) in [6, 6.07) is 0. The molecule has 3 nitrogen and oxygen atoms in total. The molecule has 1 heterocycles. The van der Waals surface area contributed by atoms with Crippen molar-refractivity contribution in [2.45, 2.75) is 6.92 Å². The first-order valence-corrected chi connectivity index (χ1v) is 3.72. The fourth-order valence-electron chi connectivity index (χ4n) is 0.988. The lowest BCUT2D eigenvalue weighted by molar-refractivity contribution is -0.131. The predicted octanol–water partition coefficient (Wildman–Crippen LogP) is -0.558. The van der Waals surface area contributed by atoms with Crippen molar-refractivity contribution >= 4 is 5.91 Å². The SMILES string of the molecule is CC#CCN1CCNCC1=O. The van der Waals surface area contributed by atoms with E-state index < -0.39 is 0 Å². The van der Waals surface area contributed by atoms with Crippen LogP contribution in [0.2, 0.25) is 0 Å². The van der Waals surface area contributed by atoms with Gasteiger partial charge in [0.1, 0.15) is 0 Å². The first-order valence-electron chi connectivity index (χ1n) is 3.72. The maximum atomic E-state index is 11.1.